The number of hydrogen-bond donors (Lipinski definition) is 2. The van der Waals surface area contributed by atoms with Gasteiger partial charge in [-0.15, -0.1) is 0 Å². The van der Waals surface area contributed by atoms with E-state index in [1.165, 1.54) is 12.3 Å². The van der Waals surface area contributed by atoms with Crippen LogP contribution in [0.1, 0.15) is 23.7 Å². The fraction of sp³-hybridized carbons (Fsp3) is 0.455. The van der Waals surface area contributed by atoms with Gasteiger partial charge in [0.25, 0.3) is 0 Å². The predicted molar refractivity (Wildman–Crippen MR) is 72.8 cm³/mol. The minimum atomic E-state index is -1.09. The highest BCUT2D eigenvalue weighted by atomic mass is 35.5. The Kier molecular flexibility index (Phi) is 5.55. The number of carboxylic acid groups (broad SMARTS) is 1. The molecule has 0 saturated carbocycles. The standard InChI is InChI=1S/C11H15ClN2O3S/c1-7(18(2)17)3-5-13-10-9(12)8(11(15)16)4-6-14-10/h4,6-7H,3,5H2,1-2H3,(H,13,14)(H,15,16). The Bertz CT molecular complexity index is 468. The highest BCUT2D eigenvalue weighted by Crippen LogP contribution is 2.23. The van der Waals surface area contributed by atoms with E-state index >= 15 is 0 Å². The normalized spacial score (nSPS) is 13.9. The average molecular weight is 291 g/mol. The lowest BCUT2D eigenvalue weighted by Gasteiger charge is -2.11. The first-order valence-corrected chi connectivity index (χ1v) is 7.37. The number of aromatic carboxylic acids is 1. The van der Waals surface area contributed by atoms with Crippen LogP contribution in [-0.4, -0.2) is 38.3 Å². The molecule has 0 amide bonds. The zero-order chi connectivity index (χ0) is 13.7. The molecular weight excluding hydrogens is 276 g/mol. The molecule has 2 N–H and O–H groups in total. The molecule has 1 heterocycles. The van der Waals surface area contributed by atoms with Crippen LogP contribution in [0.4, 0.5) is 5.82 Å². The molecule has 0 spiro atoms. The third-order valence-corrected chi connectivity index (χ3v) is 4.28. The lowest BCUT2D eigenvalue weighted by atomic mass is 10.2. The Balaban J connectivity index is 2.66. The van der Waals surface area contributed by atoms with Gasteiger partial charge < -0.3 is 10.4 Å². The highest BCUT2D eigenvalue weighted by molar-refractivity contribution is 7.84. The van der Waals surface area contributed by atoms with Gasteiger partial charge in [0.2, 0.25) is 0 Å². The number of anilines is 1. The quantitative estimate of drug-likeness (QED) is 0.838. The van der Waals surface area contributed by atoms with Crippen molar-refractivity contribution < 1.29 is 14.1 Å². The maximum Gasteiger partial charge on any atom is 0.337 e. The third kappa shape index (κ3) is 3.96. The molecule has 2 unspecified atom stereocenters. The van der Waals surface area contributed by atoms with Crippen LogP contribution >= 0.6 is 11.6 Å². The van der Waals surface area contributed by atoms with Crippen LogP contribution in [0, 0.1) is 0 Å². The molecule has 0 bridgehead atoms. The monoisotopic (exact) mass is 290 g/mol. The van der Waals surface area contributed by atoms with E-state index in [1.807, 2.05) is 6.92 Å². The van der Waals surface area contributed by atoms with Crippen molar-refractivity contribution >= 4 is 34.2 Å². The van der Waals surface area contributed by atoms with Crippen molar-refractivity contribution in [1.82, 2.24) is 4.98 Å². The average Bonchev–Trinajstić information content (AvgIpc) is 2.30. The summed E-state index contributed by atoms with van der Waals surface area (Å²) in [5.74, 6) is -0.751. The molecule has 0 saturated heterocycles. The van der Waals surface area contributed by atoms with E-state index in [1.54, 1.807) is 6.26 Å². The molecule has 7 heteroatoms. The summed E-state index contributed by atoms with van der Waals surface area (Å²) < 4.78 is 11.2. The summed E-state index contributed by atoms with van der Waals surface area (Å²) in [5.41, 5.74) is 0.0151. The minimum Gasteiger partial charge on any atom is -0.478 e. The lowest BCUT2D eigenvalue weighted by Crippen LogP contribution is -2.15. The number of nitrogens with zero attached hydrogens (tertiary/aromatic N) is 1. The van der Waals surface area contributed by atoms with E-state index < -0.39 is 16.8 Å². The van der Waals surface area contributed by atoms with Gasteiger partial charge in [-0.2, -0.15) is 0 Å². The number of carboxylic acids is 1. The van der Waals surface area contributed by atoms with Crippen LogP contribution in [0.15, 0.2) is 12.3 Å². The molecule has 1 aromatic rings. The Morgan fingerprint density at radius 2 is 2.33 bits per heavy atom. The molecule has 18 heavy (non-hydrogen) atoms. The fourth-order valence-corrected chi connectivity index (χ4v) is 2.00. The second kappa shape index (κ2) is 6.70. The summed E-state index contributed by atoms with van der Waals surface area (Å²) >= 11 is 5.92. The predicted octanol–water partition coefficient (Wildman–Crippen LogP) is 2.00. The van der Waals surface area contributed by atoms with Crippen molar-refractivity contribution in [2.75, 3.05) is 18.1 Å². The third-order valence-electron chi connectivity index (χ3n) is 2.53. The first-order valence-electron chi connectivity index (χ1n) is 5.37. The topological polar surface area (TPSA) is 79.3 Å². The van der Waals surface area contributed by atoms with Crippen LogP contribution in [-0.2, 0) is 10.8 Å². The smallest absolute Gasteiger partial charge is 0.337 e. The summed E-state index contributed by atoms with van der Waals surface area (Å²) in [5, 5.41) is 12.0. The van der Waals surface area contributed by atoms with E-state index in [0.717, 1.165) is 0 Å². The molecule has 0 fully saturated rings. The van der Waals surface area contributed by atoms with Gasteiger partial charge in [-0.25, -0.2) is 9.78 Å². The Morgan fingerprint density at radius 3 is 2.89 bits per heavy atom. The zero-order valence-electron chi connectivity index (χ0n) is 10.1. The number of pyridine rings is 1. The van der Waals surface area contributed by atoms with E-state index in [9.17, 15) is 9.00 Å². The fourth-order valence-electron chi connectivity index (χ4n) is 1.29. The van der Waals surface area contributed by atoms with Gasteiger partial charge in [0.1, 0.15) is 5.82 Å². The molecule has 0 aliphatic heterocycles. The summed E-state index contributed by atoms with van der Waals surface area (Å²) in [7, 11) is -0.873. The molecular formula is C11H15ClN2O3S. The largest absolute Gasteiger partial charge is 0.478 e. The summed E-state index contributed by atoms with van der Waals surface area (Å²) in [4.78, 5) is 14.8. The second-order valence-electron chi connectivity index (χ2n) is 3.85. The lowest BCUT2D eigenvalue weighted by molar-refractivity contribution is 0.0697. The van der Waals surface area contributed by atoms with Crippen molar-refractivity contribution in [2.45, 2.75) is 18.6 Å². The maximum absolute atomic E-state index is 11.2. The van der Waals surface area contributed by atoms with Crippen molar-refractivity contribution in [3.63, 3.8) is 0 Å². The van der Waals surface area contributed by atoms with Crippen molar-refractivity contribution in [2.24, 2.45) is 0 Å². The Hall–Kier alpha value is -1.14. The number of halogens is 1. The molecule has 5 nitrogen and oxygen atoms in total. The van der Waals surface area contributed by atoms with E-state index in [2.05, 4.69) is 10.3 Å². The maximum atomic E-state index is 11.2. The minimum absolute atomic E-state index is 0.0151. The number of hydrogen-bond acceptors (Lipinski definition) is 4. The highest BCUT2D eigenvalue weighted by Gasteiger charge is 2.13. The number of nitrogens with one attached hydrogen (secondary N) is 1. The number of carbonyl (C=O) groups is 1. The first kappa shape index (κ1) is 14.9. The first-order chi connectivity index (χ1) is 8.43. The van der Waals surface area contributed by atoms with Gasteiger partial charge in [-0.05, 0) is 12.5 Å². The van der Waals surface area contributed by atoms with Crippen molar-refractivity contribution in [3.8, 4) is 0 Å². The van der Waals surface area contributed by atoms with Crippen molar-refractivity contribution in [3.05, 3.63) is 22.8 Å². The summed E-state index contributed by atoms with van der Waals surface area (Å²) in [6.07, 6.45) is 3.73. The van der Waals surface area contributed by atoms with Crippen LogP contribution in [0.25, 0.3) is 0 Å². The molecule has 0 radical (unpaired) electrons. The summed E-state index contributed by atoms with van der Waals surface area (Å²) in [6, 6.07) is 1.35. The Morgan fingerprint density at radius 1 is 1.67 bits per heavy atom. The number of rotatable bonds is 6. The molecule has 0 aromatic carbocycles. The second-order valence-corrected chi connectivity index (χ2v) is 6.03. The molecule has 0 aliphatic carbocycles. The molecule has 100 valence electrons. The van der Waals surface area contributed by atoms with Gasteiger partial charge in [-0.3, -0.25) is 4.21 Å². The van der Waals surface area contributed by atoms with E-state index in [4.69, 9.17) is 16.7 Å². The van der Waals surface area contributed by atoms with Crippen LogP contribution in [0.3, 0.4) is 0 Å². The van der Waals surface area contributed by atoms with E-state index in [0.29, 0.717) is 18.8 Å². The molecule has 2 atom stereocenters. The molecule has 1 aromatic heterocycles. The van der Waals surface area contributed by atoms with Gasteiger partial charge in [0.05, 0.1) is 10.6 Å². The van der Waals surface area contributed by atoms with Crippen LogP contribution in [0.2, 0.25) is 5.02 Å². The van der Waals surface area contributed by atoms with Crippen LogP contribution < -0.4 is 5.32 Å². The van der Waals surface area contributed by atoms with Crippen molar-refractivity contribution in [1.29, 1.82) is 0 Å². The molecule has 0 aliphatic rings. The summed E-state index contributed by atoms with van der Waals surface area (Å²) in [6.45, 7) is 2.43. The zero-order valence-corrected chi connectivity index (χ0v) is 11.7. The number of aromatic nitrogens is 1. The van der Waals surface area contributed by atoms with Gasteiger partial charge in [-0.1, -0.05) is 18.5 Å². The van der Waals surface area contributed by atoms with Gasteiger partial charge in [0.15, 0.2) is 0 Å². The van der Waals surface area contributed by atoms with E-state index in [-0.39, 0.29) is 15.8 Å². The van der Waals surface area contributed by atoms with Crippen LogP contribution in [0.5, 0.6) is 0 Å². The SMILES string of the molecule is CC(CCNc1nccc(C(=O)O)c1Cl)S(C)=O. The van der Waals surface area contributed by atoms with Gasteiger partial charge >= 0.3 is 5.97 Å². The molecule has 1 rings (SSSR count). The Labute approximate surface area is 113 Å². The van der Waals surface area contributed by atoms with Gasteiger partial charge in [0, 0.05) is 35.0 Å².